The summed E-state index contributed by atoms with van der Waals surface area (Å²) in [6, 6.07) is -0.753. The number of aliphatic hydroxyl groups excluding tert-OH is 5. The molecule has 0 aromatic carbocycles. The van der Waals surface area contributed by atoms with Crippen molar-refractivity contribution in [3.63, 3.8) is 0 Å². The van der Waals surface area contributed by atoms with Gasteiger partial charge in [-0.05, 0) is 77.0 Å². The van der Waals surface area contributed by atoms with Crippen molar-refractivity contribution in [2.45, 2.75) is 159 Å². The van der Waals surface area contributed by atoms with Gasteiger partial charge in [0.2, 0.25) is 5.91 Å². The predicted molar refractivity (Wildman–Crippen MR) is 225 cm³/mol. The third-order valence-corrected chi connectivity index (χ3v) is 8.89. The largest absolute Gasteiger partial charge is 0.394 e. The van der Waals surface area contributed by atoms with E-state index in [9.17, 15) is 30.3 Å². The van der Waals surface area contributed by atoms with Crippen molar-refractivity contribution in [1.82, 2.24) is 5.32 Å². The molecule has 1 amide bonds. The Bertz CT molecular complexity index is 1210. The second-order valence-electron chi connectivity index (χ2n) is 13.7. The third kappa shape index (κ3) is 26.4. The fourth-order valence-electron chi connectivity index (χ4n) is 5.57. The summed E-state index contributed by atoms with van der Waals surface area (Å²) in [5.41, 5.74) is 0. The number of rotatable bonds is 31. The highest BCUT2D eigenvalue weighted by Crippen LogP contribution is 2.22. The lowest BCUT2D eigenvalue weighted by atomic mass is 9.99. The maximum atomic E-state index is 12.7. The average Bonchev–Trinajstić information content (AvgIpc) is 3.18. The number of aliphatic hydroxyl groups is 5. The molecule has 6 N–H and O–H groups in total. The maximum absolute atomic E-state index is 12.7. The molecule has 0 aromatic heterocycles. The van der Waals surface area contributed by atoms with Gasteiger partial charge in [0.25, 0.3) is 0 Å². The molecule has 1 fully saturated rings. The zero-order chi connectivity index (χ0) is 40.2. The summed E-state index contributed by atoms with van der Waals surface area (Å²) in [5, 5.41) is 53.4. The number of hydrogen-bond donors (Lipinski definition) is 6. The molecule has 9 nitrogen and oxygen atoms in total. The van der Waals surface area contributed by atoms with Crippen LogP contribution in [0.4, 0.5) is 0 Å². The Labute approximate surface area is 332 Å². The molecule has 310 valence electrons. The number of carbonyl (C=O) groups excluding carboxylic acids is 1. The van der Waals surface area contributed by atoms with Gasteiger partial charge < -0.3 is 40.3 Å². The normalized spacial score (nSPS) is 22.5. The van der Waals surface area contributed by atoms with E-state index in [1.165, 1.54) is 0 Å². The fourth-order valence-corrected chi connectivity index (χ4v) is 5.57. The van der Waals surface area contributed by atoms with Crippen LogP contribution in [0.5, 0.6) is 0 Å². The highest BCUT2D eigenvalue weighted by atomic mass is 16.7. The Morgan fingerprint density at radius 2 is 1.09 bits per heavy atom. The lowest BCUT2D eigenvalue weighted by molar-refractivity contribution is -0.302. The number of ether oxygens (including phenoxy) is 2. The molecule has 1 aliphatic rings. The first-order valence-electron chi connectivity index (χ1n) is 20.6. The minimum Gasteiger partial charge on any atom is -0.394 e. The van der Waals surface area contributed by atoms with E-state index in [2.05, 4.69) is 129 Å². The van der Waals surface area contributed by atoms with E-state index in [0.29, 0.717) is 12.8 Å². The molecule has 0 spiro atoms. The van der Waals surface area contributed by atoms with E-state index in [1.807, 2.05) is 0 Å². The summed E-state index contributed by atoms with van der Waals surface area (Å²) in [7, 11) is 0. The number of carbonyl (C=O) groups is 1. The molecule has 7 atom stereocenters. The zero-order valence-corrected chi connectivity index (χ0v) is 33.6. The molecule has 1 heterocycles. The van der Waals surface area contributed by atoms with Crippen molar-refractivity contribution in [3.8, 4) is 0 Å². The van der Waals surface area contributed by atoms with Crippen LogP contribution in [0, 0.1) is 0 Å². The lowest BCUT2D eigenvalue weighted by Gasteiger charge is -2.40. The number of amides is 1. The first kappa shape index (κ1) is 49.9. The molecule has 1 aliphatic heterocycles. The van der Waals surface area contributed by atoms with Gasteiger partial charge in [0.15, 0.2) is 6.29 Å². The van der Waals surface area contributed by atoms with E-state index in [1.54, 1.807) is 0 Å². The summed E-state index contributed by atoms with van der Waals surface area (Å²) in [6.07, 6.45) is 44.8. The summed E-state index contributed by atoms with van der Waals surface area (Å²) in [5.74, 6) is -0.221. The van der Waals surface area contributed by atoms with Crippen LogP contribution in [0.1, 0.15) is 117 Å². The highest BCUT2D eigenvalue weighted by Gasteiger charge is 2.44. The zero-order valence-electron chi connectivity index (χ0n) is 33.6. The van der Waals surface area contributed by atoms with Gasteiger partial charge in [-0.1, -0.05) is 142 Å². The Morgan fingerprint density at radius 1 is 0.636 bits per heavy atom. The molecule has 1 rings (SSSR count). The lowest BCUT2D eigenvalue weighted by Crippen LogP contribution is -2.60. The molecule has 0 radical (unpaired) electrons. The molecule has 1 saturated heterocycles. The third-order valence-electron chi connectivity index (χ3n) is 8.89. The quantitative estimate of drug-likeness (QED) is 0.0308. The van der Waals surface area contributed by atoms with Crippen molar-refractivity contribution < 1.29 is 39.8 Å². The van der Waals surface area contributed by atoms with Gasteiger partial charge >= 0.3 is 0 Å². The van der Waals surface area contributed by atoms with Gasteiger partial charge in [-0.3, -0.25) is 4.79 Å². The molecule has 0 aromatic rings. The summed E-state index contributed by atoms with van der Waals surface area (Å²) in [6.45, 7) is 3.47. The van der Waals surface area contributed by atoms with E-state index in [0.717, 1.165) is 83.5 Å². The van der Waals surface area contributed by atoms with Crippen molar-refractivity contribution >= 4 is 5.91 Å². The predicted octanol–water partition coefficient (Wildman–Crippen LogP) is 7.94. The average molecular weight is 768 g/mol. The van der Waals surface area contributed by atoms with E-state index >= 15 is 0 Å². The molecule has 9 heteroatoms. The summed E-state index contributed by atoms with van der Waals surface area (Å²) >= 11 is 0. The van der Waals surface area contributed by atoms with E-state index in [-0.39, 0.29) is 18.9 Å². The van der Waals surface area contributed by atoms with Crippen LogP contribution in [-0.2, 0) is 14.3 Å². The molecule has 0 bridgehead atoms. The first-order chi connectivity index (χ1) is 26.8. The molecule has 0 saturated carbocycles. The van der Waals surface area contributed by atoms with Crippen molar-refractivity contribution in [1.29, 1.82) is 0 Å². The summed E-state index contributed by atoms with van der Waals surface area (Å²) < 4.78 is 11.0. The van der Waals surface area contributed by atoms with Gasteiger partial charge in [-0.15, -0.1) is 0 Å². The van der Waals surface area contributed by atoms with Gasteiger partial charge in [0.1, 0.15) is 24.4 Å². The summed E-state index contributed by atoms with van der Waals surface area (Å²) in [4.78, 5) is 12.7. The van der Waals surface area contributed by atoms with Crippen LogP contribution in [0.2, 0.25) is 0 Å². The molecule has 55 heavy (non-hydrogen) atoms. The Kier molecular flexibility index (Phi) is 32.0. The van der Waals surface area contributed by atoms with E-state index in [4.69, 9.17) is 9.47 Å². The van der Waals surface area contributed by atoms with Crippen molar-refractivity contribution in [3.05, 3.63) is 109 Å². The highest BCUT2D eigenvalue weighted by molar-refractivity contribution is 5.76. The number of unbranched alkanes of at least 4 members (excludes halogenated alkanes) is 3. The van der Waals surface area contributed by atoms with Gasteiger partial charge in [-0.25, -0.2) is 0 Å². The van der Waals surface area contributed by atoms with Crippen LogP contribution in [0.25, 0.3) is 0 Å². The number of nitrogens with one attached hydrogen (secondary N) is 1. The number of allylic oxidation sites excluding steroid dienone is 18. The van der Waals surface area contributed by atoms with Crippen LogP contribution < -0.4 is 5.32 Å². The van der Waals surface area contributed by atoms with Crippen LogP contribution in [0.15, 0.2) is 109 Å². The minimum atomic E-state index is -1.57. The first-order valence-corrected chi connectivity index (χ1v) is 20.6. The van der Waals surface area contributed by atoms with Gasteiger partial charge in [-0.2, -0.15) is 0 Å². The molecule has 7 unspecified atom stereocenters. The Balaban J connectivity index is 2.21. The topological polar surface area (TPSA) is 149 Å². The second kappa shape index (κ2) is 35.3. The van der Waals surface area contributed by atoms with Crippen LogP contribution >= 0.6 is 0 Å². The maximum Gasteiger partial charge on any atom is 0.220 e. The van der Waals surface area contributed by atoms with Gasteiger partial charge in [0.05, 0.1) is 25.4 Å². The Hall–Kier alpha value is -3.15. The molecule has 0 aliphatic carbocycles. The Morgan fingerprint density at radius 3 is 1.53 bits per heavy atom. The minimum absolute atomic E-state index is 0.175. The SMILES string of the molecule is CC/C=C\C/C=C\C/C=C\C/C=C\C/C=C\C/C=C\C/C=C\C/C=C\C/C=C\CCCC(=O)NC(COC1OC(CO)C(O)C(O)C1O)C(O)CCCCC. The second-order valence-corrected chi connectivity index (χ2v) is 13.7. The molecular formula is C46H73NO8. The number of hydrogen-bond acceptors (Lipinski definition) is 8. The van der Waals surface area contributed by atoms with E-state index < -0.39 is 49.5 Å². The van der Waals surface area contributed by atoms with Crippen molar-refractivity contribution in [2.75, 3.05) is 13.2 Å². The molecular weight excluding hydrogens is 695 g/mol. The van der Waals surface area contributed by atoms with Crippen LogP contribution in [-0.4, -0.2) is 87.5 Å². The van der Waals surface area contributed by atoms with Crippen LogP contribution in [0.3, 0.4) is 0 Å². The fraction of sp³-hybridized carbons (Fsp3) is 0.587. The monoisotopic (exact) mass is 768 g/mol. The van der Waals surface area contributed by atoms with Gasteiger partial charge in [0, 0.05) is 6.42 Å². The smallest absolute Gasteiger partial charge is 0.220 e. The van der Waals surface area contributed by atoms with Crippen molar-refractivity contribution in [2.24, 2.45) is 0 Å². The standard InChI is InChI=1S/C46H73NO8/c1-3-5-7-8-9-10-11-12-13-14-15-16-17-18-19-20-21-22-23-24-25-26-27-28-29-30-31-32-34-36-42(50)47-39(40(49)35-33-6-4-2)38-54-46-45(53)44(52)43(51)41(37-48)55-46/h5,7,9-10,12-13,15-16,18-19,21-22,24-25,27-28,30-31,39-41,43-46,48-49,51-53H,3-4,6,8,11,14,17,20,23,26,29,32-38H2,1-2H3,(H,47,50)/b7-5-,10-9-,13-12-,16-15-,19-18-,22-21-,25-24-,28-27-,31-30-.